The summed E-state index contributed by atoms with van der Waals surface area (Å²) in [5.74, 6) is 1.63. The molecule has 1 aromatic heterocycles. The van der Waals surface area contributed by atoms with E-state index in [1.807, 2.05) is 6.07 Å². The van der Waals surface area contributed by atoms with E-state index in [4.69, 9.17) is 4.99 Å². The molecule has 3 unspecified atom stereocenters. The van der Waals surface area contributed by atoms with Crippen LogP contribution in [0.4, 0.5) is 15.9 Å². The molecular weight excluding hydrogens is 523 g/mol. The van der Waals surface area contributed by atoms with Crippen LogP contribution in [0.25, 0.3) is 0 Å². The van der Waals surface area contributed by atoms with Crippen LogP contribution >= 0.6 is 0 Å². The van der Waals surface area contributed by atoms with E-state index >= 15 is 4.39 Å². The molecular formula is C26H37FN5Sb. The number of fused-ring (bicyclic) bond motifs is 1. The zero-order chi connectivity index (χ0) is 23.4. The summed E-state index contributed by atoms with van der Waals surface area (Å²) in [7, 11) is 0. The van der Waals surface area contributed by atoms with Gasteiger partial charge in [-0.1, -0.05) is 26.3 Å². The zero-order valence-electron chi connectivity index (χ0n) is 20.3. The van der Waals surface area contributed by atoms with Gasteiger partial charge in [-0.05, 0) is 25.8 Å². The van der Waals surface area contributed by atoms with Gasteiger partial charge < -0.3 is 0 Å². The molecule has 0 bridgehead atoms. The summed E-state index contributed by atoms with van der Waals surface area (Å²) < 4.78 is 19.7. The first-order valence-corrected chi connectivity index (χ1v) is 17.4. The summed E-state index contributed by atoms with van der Waals surface area (Å²) in [6.45, 7) is 7.15. The van der Waals surface area contributed by atoms with Gasteiger partial charge in [-0.25, -0.2) is 0 Å². The molecule has 5 nitrogen and oxygen atoms in total. The average molecular weight is 560 g/mol. The molecule has 1 aromatic carbocycles. The first kappa shape index (κ1) is 24.5. The first-order chi connectivity index (χ1) is 16.0. The number of H-pyrrole nitrogens is 1. The van der Waals surface area contributed by atoms with Gasteiger partial charge in [0, 0.05) is 5.71 Å². The van der Waals surface area contributed by atoms with E-state index < -0.39 is 20.5 Å². The van der Waals surface area contributed by atoms with Gasteiger partial charge in [-0.3, -0.25) is 4.99 Å². The molecule has 178 valence electrons. The van der Waals surface area contributed by atoms with Crippen LogP contribution in [0.15, 0.2) is 35.3 Å². The number of nitrogens with one attached hydrogen (secondary N) is 3. The number of aromatic amines is 1. The van der Waals surface area contributed by atoms with Crippen molar-refractivity contribution in [2.75, 3.05) is 5.32 Å². The first-order valence-electron chi connectivity index (χ1n) is 12.3. The number of anilines is 2. The van der Waals surface area contributed by atoms with Crippen molar-refractivity contribution < 1.29 is 4.39 Å². The number of hydrogen-bond donors (Lipinski definition) is 3. The number of benzene rings is 1. The Morgan fingerprint density at radius 2 is 2.21 bits per heavy atom. The molecule has 2 heterocycles. The number of rotatable bonds is 9. The van der Waals surface area contributed by atoms with Gasteiger partial charge in [0.05, 0.1) is 0 Å². The number of aliphatic imine (C=N–C) groups is 1. The molecule has 33 heavy (non-hydrogen) atoms. The number of nitrogens with zero attached hydrogens (tertiary/aromatic N) is 2. The molecule has 0 radical (unpaired) electrons. The Bertz CT molecular complexity index is 1010. The van der Waals surface area contributed by atoms with Crippen LogP contribution in [0.5, 0.6) is 0 Å². The van der Waals surface area contributed by atoms with Gasteiger partial charge in [-0.2, -0.15) is 0 Å². The molecule has 2 aliphatic rings. The topological polar surface area (TPSA) is 65.1 Å². The number of aromatic nitrogens is 2. The maximum absolute atomic E-state index is 15.0. The van der Waals surface area contributed by atoms with Crippen molar-refractivity contribution in [3.8, 4) is 0 Å². The molecule has 0 saturated heterocycles. The second-order valence-electron chi connectivity index (χ2n) is 9.25. The van der Waals surface area contributed by atoms with E-state index in [0.717, 1.165) is 43.4 Å². The summed E-state index contributed by atoms with van der Waals surface area (Å²) in [4.78, 5) is 7.38. The molecule has 1 fully saturated rings. The number of hydrogen-bond acceptors (Lipinski definition) is 4. The molecule has 2 aromatic rings. The predicted octanol–water partition coefficient (Wildman–Crippen LogP) is 5.70. The van der Waals surface area contributed by atoms with Crippen LogP contribution < -0.4 is 12.3 Å². The van der Waals surface area contributed by atoms with Crippen LogP contribution in [0.1, 0.15) is 76.5 Å². The quantitative estimate of drug-likeness (QED) is 0.272. The standard InChI is InChI=1S/C25H34FN5.CH3.Sb/c1-4-8-20(6-3)28-21(9-5-2)17-12-13-18(14-17)23-15-24(31-30-23)29-22-11-7-10-19(16-27)25(22)26;;/h4,7-8,11,15,17-18,21,27H,5-6,9,12-14,16H2,1-3H3,(H2,29,30,31);1H3;/q-1;;+1/b8-4-,28-20?;;. The average Bonchev–Trinajstić information content (AvgIpc) is 3.55. The van der Waals surface area contributed by atoms with Gasteiger partial charge in [0.1, 0.15) is 0 Å². The molecule has 1 saturated carbocycles. The second-order valence-corrected chi connectivity index (χ2v) is 14.7. The van der Waals surface area contributed by atoms with Crippen molar-refractivity contribution in [2.24, 2.45) is 10.9 Å². The Kier molecular flexibility index (Phi) is 8.29. The molecule has 0 amide bonds. The molecule has 4 rings (SSSR count). The van der Waals surface area contributed by atoms with Crippen LogP contribution in [0.2, 0.25) is 4.87 Å². The van der Waals surface area contributed by atoms with Gasteiger partial charge in [-0.15, -0.1) is 0 Å². The van der Waals surface area contributed by atoms with Gasteiger partial charge in [0.15, 0.2) is 0 Å². The van der Waals surface area contributed by atoms with Crippen molar-refractivity contribution in [3.05, 3.63) is 47.4 Å². The Morgan fingerprint density at radius 3 is 2.97 bits per heavy atom. The molecule has 1 aliphatic heterocycles. The van der Waals surface area contributed by atoms with Gasteiger partial charge in [0.2, 0.25) is 0 Å². The third-order valence-electron chi connectivity index (χ3n) is 7.03. The number of halogens is 1. The van der Waals surface area contributed by atoms with Gasteiger partial charge in [0.25, 0.3) is 0 Å². The van der Waals surface area contributed by atoms with Crippen molar-refractivity contribution >= 4 is 41.2 Å². The normalized spacial score (nSPS) is 22.3. The van der Waals surface area contributed by atoms with Crippen LogP contribution in [0.3, 0.4) is 0 Å². The van der Waals surface area contributed by atoms with Crippen molar-refractivity contribution in [1.82, 2.24) is 13.7 Å². The van der Waals surface area contributed by atoms with E-state index in [1.165, 1.54) is 15.6 Å². The summed E-state index contributed by atoms with van der Waals surface area (Å²) in [6.07, 6.45) is 11.0. The Labute approximate surface area is 205 Å². The summed E-state index contributed by atoms with van der Waals surface area (Å²) in [5, 5.41) is 10.9. The summed E-state index contributed by atoms with van der Waals surface area (Å²) in [6, 6.07) is 6.41. The Balaban J connectivity index is 1.43. The third-order valence-corrected chi connectivity index (χ3v) is 12.1. The monoisotopic (exact) mass is 559 g/mol. The fourth-order valence-corrected chi connectivity index (χ4v) is 9.35. The van der Waals surface area contributed by atoms with E-state index in [1.54, 1.807) is 0 Å². The van der Waals surface area contributed by atoms with Crippen LogP contribution in [-0.4, -0.2) is 42.4 Å². The SMILES string of the molecule is C/C=C\C(CC)=NC(CCC)C1CCC(c2cc(Nc3cc[c]4c(c3F)C[NH][Sb]4[CH3])n[nH]2)C1. The van der Waals surface area contributed by atoms with Crippen LogP contribution in [-0.2, 0) is 6.54 Å². The maximum atomic E-state index is 15.0. The Hall–Kier alpha value is -1.65. The number of allylic oxidation sites excluding steroid dienone is 2. The Morgan fingerprint density at radius 1 is 1.36 bits per heavy atom. The zero-order valence-corrected chi connectivity index (χ0v) is 22.8. The van der Waals surface area contributed by atoms with Crippen LogP contribution in [0, 0.1) is 11.7 Å². The molecule has 1 aliphatic carbocycles. The van der Waals surface area contributed by atoms with Gasteiger partial charge >= 0.3 is 143 Å². The van der Waals surface area contributed by atoms with Crippen molar-refractivity contribution in [2.45, 2.75) is 82.7 Å². The molecule has 7 heteroatoms. The van der Waals surface area contributed by atoms with E-state index in [9.17, 15) is 0 Å². The molecule has 0 spiro atoms. The summed E-state index contributed by atoms with van der Waals surface area (Å²) >= 11 is -1.62. The molecule has 3 atom stereocenters. The molecule has 3 N–H and O–H groups in total. The van der Waals surface area contributed by atoms with E-state index in [0.29, 0.717) is 35.9 Å². The fourth-order valence-electron chi connectivity index (χ4n) is 5.23. The van der Waals surface area contributed by atoms with E-state index in [2.05, 4.69) is 68.9 Å². The fraction of sp³-hybridized carbons (Fsp3) is 0.538. The second kappa shape index (κ2) is 11.2. The van der Waals surface area contributed by atoms with Crippen molar-refractivity contribution in [3.63, 3.8) is 0 Å². The summed E-state index contributed by atoms with van der Waals surface area (Å²) in [5.41, 5.74) is 3.71. The van der Waals surface area contributed by atoms with E-state index in [-0.39, 0.29) is 5.82 Å². The van der Waals surface area contributed by atoms with Crippen molar-refractivity contribution in [1.29, 1.82) is 0 Å². The third kappa shape index (κ3) is 5.54. The predicted molar refractivity (Wildman–Crippen MR) is 138 cm³/mol. The minimum atomic E-state index is -1.62. The minimum absolute atomic E-state index is 0.132.